The van der Waals surface area contributed by atoms with Crippen LogP contribution in [-0.4, -0.2) is 0 Å². The SMILES string of the molecule is Cc1[c-]c(F)cc(OC(F)(F)c2c(F)cc(OCc3ccccc3)cc2F)c1.[Y+3]. The second-order valence-corrected chi connectivity index (χ2v) is 6.00. The van der Waals surface area contributed by atoms with Gasteiger partial charge in [0.2, 0.25) is 0 Å². The number of benzene rings is 3. The van der Waals surface area contributed by atoms with Crippen molar-refractivity contribution < 1.29 is 64.1 Å². The number of rotatable bonds is 6. The van der Waals surface area contributed by atoms with Gasteiger partial charge in [-0.05, 0) is 5.56 Å². The Morgan fingerprint density at radius 2 is 1.52 bits per heavy atom. The van der Waals surface area contributed by atoms with Gasteiger partial charge >= 0.3 is 38.8 Å². The van der Waals surface area contributed by atoms with Crippen LogP contribution in [0.3, 0.4) is 0 Å². The smallest absolute Gasteiger partial charge is 0.489 e. The van der Waals surface area contributed by atoms with E-state index in [4.69, 9.17) is 4.74 Å². The van der Waals surface area contributed by atoms with Gasteiger partial charge in [-0.3, -0.25) is 0 Å². The molecule has 0 aromatic heterocycles. The molecule has 0 heterocycles. The molecular weight excluding hydrogens is 468 g/mol. The van der Waals surface area contributed by atoms with Crippen LogP contribution in [0.25, 0.3) is 0 Å². The predicted molar refractivity (Wildman–Crippen MR) is 91.6 cm³/mol. The van der Waals surface area contributed by atoms with Crippen LogP contribution in [-0.2, 0) is 45.4 Å². The van der Waals surface area contributed by atoms with E-state index in [9.17, 15) is 22.0 Å². The maximum absolute atomic E-state index is 14.3. The minimum absolute atomic E-state index is 0. The number of alkyl halides is 2. The zero-order chi connectivity index (χ0) is 20.3. The van der Waals surface area contributed by atoms with Gasteiger partial charge in [0.05, 0.1) is 0 Å². The summed E-state index contributed by atoms with van der Waals surface area (Å²) in [5.41, 5.74) is -0.666. The van der Waals surface area contributed by atoms with Crippen LogP contribution >= 0.6 is 0 Å². The Balaban J connectivity index is 0.00000300. The number of aryl methyl sites for hydroxylation is 1. The summed E-state index contributed by atoms with van der Waals surface area (Å²) < 4.78 is 80.0. The van der Waals surface area contributed by atoms with Crippen molar-refractivity contribution in [1.82, 2.24) is 0 Å². The zero-order valence-electron chi connectivity index (χ0n) is 15.2. The van der Waals surface area contributed by atoms with Gasteiger partial charge in [-0.1, -0.05) is 43.3 Å². The first kappa shape index (κ1) is 23.3. The monoisotopic (exact) mass is 482 g/mol. The fourth-order valence-electron chi connectivity index (χ4n) is 2.55. The molecule has 0 aliphatic rings. The van der Waals surface area contributed by atoms with Crippen molar-refractivity contribution in [2.75, 3.05) is 0 Å². The first-order chi connectivity index (χ1) is 13.2. The molecule has 2 nitrogen and oxygen atoms in total. The molecule has 146 valence electrons. The maximum atomic E-state index is 14.3. The van der Waals surface area contributed by atoms with Gasteiger partial charge in [0.25, 0.3) is 0 Å². The van der Waals surface area contributed by atoms with Crippen molar-refractivity contribution in [3.05, 3.63) is 94.8 Å². The molecule has 0 radical (unpaired) electrons. The van der Waals surface area contributed by atoms with E-state index in [1.807, 2.05) is 0 Å². The van der Waals surface area contributed by atoms with E-state index in [1.165, 1.54) is 6.92 Å². The first-order valence-electron chi connectivity index (χ1n) is 8.17. The molecule has 0 bridgehead atoms. The molecule has 0 amide bonds. The van der Waals surface area contributed by atoms with Gasteiger partial charge < -0.3 is 9.47 Å². The van der Waals surface area contributed by atoms with Gasteiger partial charge in [-0.2, -0.15) is 14.3 Å². The number of ether oxygens (including phenoxy) is 2. The van der Waals surface area contributed by atoms with E-state index < -0.39 is 34.9 Å². The Hall–Kier alpha value is -1.99. The molecule has 0 saturated carbocycles. The number of hydrogen-bond donors (Lipinski definition) is 0. The number of hydrogen-bond acceptors (Lipinski definition) is 2. The third kappa shape index (κ3) is 6.00. The van der Waals surface area contributed by atoms with E-state index in [2.05, 4.69) is 10.8 Å². The van der Waals surface area contributed by atoms with Crippen LogP contribution in [0.1, 0.15) is 16.7 Å². The molecular formula is C21H14F5O2Y+2. The van der Waals surface area contributed by atoms with E-state index in [1.54, 1.807) is 30.3 Å². The van der Waals surface area contributed by atoms with E-state index in [0.29, 0.717) is 18.2 Å². The molecule has 0 fully saturated rings. The Kier molecular flexibility index (Phi) is 7.77. The fraction of sp³-hybridized carbons (Fsp3) is 0.143. The van der Waals surface area contributed by atoms with Crippen LogP contribution in [0.4, 0.5) is 22.0 Å². The maximum Gasteiger partial charge on any atom is 3.00 e. The van der Waals surface area contributed by atoms with Gasteiger partial charge in [0.15, 0.2) is 0 Å². The quantitative estimate of drug-likeness (QED) is 0.321. The predicted octanol–water partition coefficient (Wildman–Crippen LogP) is 5.92. The van der Waals surface area contributed by atoms with Crippen molar-refractivity contribution >= 4 is 0 Å². The average Bonchev–Trinajstić information content (AvgIpc) is 2.58. The van der Waals surface area contributed by atoms with Gasteiger partial charge in [0.1, 0.15) is 29.6 Å². The van der Waals surface area contributed by atoms with Crippen molar-refractivity contribution in [3.63, 3.8) is 0 Å². The molecule has 0 aliphatic heterocycles. The van der Waals surface area contributed by atoms with Gasteiger partial charge in [0, 0.05) is 23.7 Å². The molecule has 3 aromatic carbocycles. The molecule has 0 spiro atoms. The standard InChI is InChI=1S/C21H14F5O2.Y/c1-13-7-15(22)9-17(8-13)28-21(25,26)20-18(23)10-16(11-19(20)24)27-12-14-5-3-2-4-6-14;/h2-6,8-11H,12H2,1H3;/q-1;+3. The van der Waals surface area contributed by atoms with Crippen LogP contribution in [0.5, 0.6) is 11.5 Å². The summed E-state index contributed by atoms with van der Waals surface area (Å²) >= 11 is 0. The third-order valence-corrected chi connectivity index (χ3v) is 3.75. The molecule has 3 rings (SSSR count). The molecule has 29 heavy (non-hydrogen) atoms. The molecule has 0 atom stereocenters. The van der Waals surface area contributed by atoms with E-state index in [-0.39, 0.29) is 50.6 Å². The summed E-state index contributed by atoms with van der Waals surface area (Å²) in [6.07, 6.45) is -4.37. The van der Waals surface area contributed by atoms with E-state index in [0.717, 1.165) is 11.6 Å². The van der Waals surface area contributed by atoms with Crippen molar-refractivity contribution in [1.29, 1.82) is 0 Å². The molecule has 0 unspecified atom stereocenters. The Morgan fingerprint density at radius 1 is 0.897 bits per heavy atom. The average molecular weight is 482 g/mol. The summed E-state index contributed by atoms with van der Waals surface area (Å²) in [5, 5.41) is 0. The van der Waals surface area contributed by atoms with E-state index >= 15 is 0 Å². The summed E-state index contributed by atoms with van der Waals surface area (Å²) in [6, 6.07) is 14.0. The minimum atomic E-state index is -4.37. The number of halogens is 5. The Labute approximate surface area is 189 Å². The summed E-state index contributed by atoms with van der Waals surface area (Å²) in [4.78, 5) is 0. The largest absolute Gasteiger partial charge is 3.00 e. The third-order valence-electron chi connectivity index (χ3n) is 3.75. The minimum Gasteiger partial charge on any atom is -0.489 e. The second kappa shape index (κ2) is 9.68. The van der Waals surface area contributed by atoms with Crippen LogP contribution in [0, 0.1) is 30.4 Å². The summed E-state index contributed by atoms with van der Waals surface area (Å²) in [7, 11) is 0. The van der Waals surface area contributed by atoms with Gasteiger partial charge in [-0.25, -0.2) is 13.2 Å². The normalized spacial score (nSPS) is 11.0. The zero-order valence-corrected chi connectivity index (χ0v) is 18.0. The summed E-state index contributed by atoms with van der Waals surface area (Å²) in [5.74, 6) is -4.87. The first-order valence-corrected chi connectivity index (χ1v) is 8.17. The fourth-order valence-corrected chi connectivity index (χ4v) is 2.55. The van der Waals surface area contributed by atoms with Crippen LogP contribution < -0.4 is 9.47 Å². The van der Waals surface area contributed by atoms with Crippen molar-refractivity contribution in [3.8, 4) is 11.5 Å². The molecule has 3 aromatic rings. The topological polar surface area (TPSA) is 18.5 Å². The van der Waals surface area contributed by atoms with Crippen LogP contribution in [0.15, 0.2) is 54.6 Å². The molecule has 8 heteroatoms. The molecule has 0 saturated heterocycles. The summed E-state index contributed by atoms with van der Waals surface area (Å²) in [6.45, 7) is 1.42. The Morgan fingerprint density at radius 3 is 2.10 bits per heavy atom. The second-order valence-electron chi connectivity index (χ2n) is 6.00. The Bertz CT molecular complexity index is 937. The van der Waals surface area contributed by atoms with Gasteiger partial charge in [-0.15, -0.1) is 12.1 Å². The molecule has 0 N–H and O–H groups in total. The van der Waals surface area contributed by atoms with Crippen molar-refractivity contribution in [2.45, 2.75) is 19.6 Å². The van der Waals surface area contributed by atoms with Crippen LogP contribution in [0.2, 0.25) is 0 Å². The molecule has 0 aliphatic carbocycles. The van der Waals surface area contributed by atoms with Crippen molar-refractivity contribution in [2.24, 2.45) is 0 Å².